The summed E-state index contributed by atoms with van der Waals surface area (Å²) in [7, 11) is 0. The zero-order valence-corrected chi connectivity index (χ0v) is 12.5. The molecule has 3 aromatic rings. The van der Waals surface area contributed by atoms with Gasteiger partial charge in [-0.3, -0.25) is 9.89 Å². The standard InChI is InChI=1S/C17H13FN4O2/c18-9-1-4-11(5-2-9)20-17(23)16-13-8-24-14-6-3-10(19)7-12(14)15(13)21-22-16/h1-7H,8,19H2,(H,20,23)(H,21,22). The van der Waals surface area contributed by atoms with Crippen molar-refractivity contribution in [3.8, 4) is 17.0 Å². The number of nitrogens with two attached hydrogens (primary N) is 1. The normalized spacial score (nSPS) is 12.0. The summed E-state index contributed by atoms with van der Waals surface area (Å²) < 4.78 is 18.6. The number of carbonyl (C=O) groups is 1. The third-order valence-corrected chi connectivity index (χ3v) is 3.83. The molecule has 1 amide bonds. The van der Waals surface area contributed by atoms with Gasteiger partial charge in [-0.1, -0.05) is 0 Å². The van der Waals surface area contributed by atoms with Crippen LogP contribution in [0.15, 0.2) is 42.5 Å². The lowest BCUT2D eigenvalue weighted by Gasteiger charge is -2.18. The molecule has 4 N–H and O–H groups in total. The summed E-state index contributed by atoms with van der Waals surface area (Å²) in [6.07, 6.45) is 0. The van der Waals surface area contributed by atoms with Gasteiger partial charge in [-0.2, -0.15) is 5.10 Å². The van der Waals surface area contributed by atoms with Gasteiger partial charge in [-0.25, -0.2) is 4.39 Å². The van der Waals surface area contributed by atoms with Crippen molar-refractivity contribution in [1.29, 1.82) is 0 Å². The van der Waals surface area contributed by atoms with Gasteiger partial charge in [0.1, 0.15) is 18.2 Å². The number of H-pyrrole nitrogens is 1. The number of halogens is 1. The second-order valence-electron chi connectivity index (χ2n) is 5.43. The van der Waals surface area contributed by atoms with Gasteiger partial charge in [0.05, 0.1) is 5.69 Å². The highest BCUT2D eigenvalue weighted by molar-refractivity contribution is 6.05. The fourth-order valence-corrected chi connectivity index (χ4v) is 2.66. The molecule has 0 radical (unpaired) electrons. The second-order valence-corrected chi connectivity index (χ2v) is 5.43. The average Bonchev–Trinajstić information content (AvgIpc) is 3.01. The summed E-state index contributed by atoms with van der Waals surface area (Å²) in [5.74, 6) is -0.0753. The molecule has 4 rings (SSSR count). The van der Waals surface area contributed by atoms with Crippen LogP contribution in [0.5, 0.6) is 5.75 Å². The average molecular weight is 324 g/mol. The Morgan fingerprint density at radius 2 is 2.04 bits per heavy atom. The largest absolute Gasteiger partial charge is 0.488 e. The molecule has 0 atom stereocenters. The SMILES string of the molecule is Nc1ccc2c(c1)-c1[nH]nc(C(=O)Nc3ccc(F)cc3)c1CO2. The number of nitrogen functional groups attached to an aromatic ring is 1. The smallest absolute Gasteiger partial charge is 0.276 e. The van der Waals surface area contributed by atoms with E-state index >= 15 is 0 Å². The number of ether oxygens (including phenoxy) is 1. The Labute approximate surface area is 136 Å². The number of hydrogen-bond donors (Lipinski definition) is 3. The van der Waals surface area contributed by atoms with Crippen molar-refractivity contribution in [3.63, 3.8) is 0 Å². The lowest BCUT2D eigenvalue weighted by Crippen LogP contribution is -2.16. The van der Waals surface area contributed by atoms with Crippen LogP contribution in [0.1, 0.15) is 16.1 Å². The fourth-order valence-electron chi connectivity index (χ4n) is 2.66. The van der Waals surface area contributed by atoms with Crippen molar-refractivity contribution < 1.29 is 13.9 Å². The molecule has 120 valence electrons. The zero-order chi connectivity index (χ0) is 16.7. The summed E-state index contributed by atoms with van der Waals surface area (Å²) in [4.78, 5) is 12.4. The van der Waals surface area contributed by atoms with E-state index in [9.17, 15) is 9.18 Å². The maximum absolute atomic E-state index is 12.9. The van der Waals surface area contributed by atoms with Gasteiger partial charge in [-0.15, -0.1) is 0 Å². The molecule has 0 spiro atoms. The predicted molar refractivity (Wildman–Crippen MR) is 87.1 cm³/mol. The maximum atomic E-state index is 12.9. The van der Waals surface area contributed by atoms with E-state index in [2.05, 4.69) is 15.5 Å². The molecule has 0 saturated heterocycles. The number of amides is 1. The van der Waals surface area contributed by atoms with E-state index in [1.807, 2.05) is 0 Å². The molecule has 2 aromatic carbocycles. The van der Waals surface area contributed by atoms with Crippen LogP contribution in [0, 0.1) is 5.82 Å². The number of hydrogen-bond acceptors (Lipinski definition) is 4. The van der Waals surface area contributed by atoms with Crippen molar-refractivity contribution in [2.24, 2.45) is 0 Å². The van der Waals surface area contributed by atoms with E-state index in [0.29, 0.717) is 28.4 Å². The third-order valence-electron chi connectivity index (χ3n) is 3.83. The van der Waals surface area contributed by atoms with Crippen LogP contribution in [0.4, 0.5) is 15.8 Å². The number of nitrogens with one attached hydrogen (secondary N) is 2. The first kappa shape index (κ1) is 14.3. The molecule has 6 nitrogen and oxygen atoms in total. The summed E-state index contributed by atoms with van der Waals surface area (Å²) in [5.41, 5.74) is 9.28. The van der Waals surface area contributed by atoms with Crippen LogP contribution in [-0.4, -0.2) is 16.1 Å². The molecule has 0 aliphatic carbocycles. The highest BCUT2D eigenvalue weighted by atomic mass is 19.1. The van der Waals surface area contributed by atoms with Gasteiger partial charge >= 0.3 is 0 Å². The molecule has 0 saturated carbocycles. The monoisotopic (exact) mass is 324 g/mol. The first-order valence-corrected chi connectivity index (χ1v) is 7.28. The molecule has 0 unspecified atom stereocenters. The minimum absolute atomic E-state index is 0.231. The van der Waals surface area contributed by atoms with Crippen molar-refractivity contribution in [3.05, 3.63) is 59.5 Å². The van der Waals surface area contributed by atoms with Crippen molar-refractivity contribution in [1.82, 2.24) is 10.2 Å². The van der Waals surface area contributed by atoms with Crippen LogP contribution in [0.2, 0.25) is 0 Å². The Morgan fingerprint density at radius 1 is 1.25 bits per heavy atom. The molecule has 0 bridgehead atoms. The molecule has 0 fully saturated rings. The van der Waals surface area contributed by atoms with Crippen molar-refractivity contribution >= 4 is 17.3 Å². The van der Waals surface area contributed by atoms with E-state index in [1.54, 1.807) is 18.2 Å². The van der Waals surface area contributed by atoms with Gasteiger partial charge in [0.15, 0.2) is 5.69 Å². The lowest BCUT2D eigenvalue weighted by atomic mass is 10.0. The van der Waals surface area contributed by atoms with E-state index < -0.39 is 5.91 Å². The quantitative estimate of drug-likeness (QED) is 0.632. The van der Waals surface area contributed by atoms with Crippen molar-refractivity contribution in [2.45, 2.75) is 6.61 Å². The molecule has 2 heterocycles. The highest BCUT2D eigenvalue weighted by Crippen LogP contribution is 2.38. The van der Waals surface area contributed by atoms with Gasteiger partial charge in [0, 0.05) is 22.5 Å². The highest BCUT2D eigenvalue weighted by Gasteiger charge is 2.26. The maximum Gasteiger partial charge on any atom is 0.276 e. The van der Waals surface area contributed by atoms with Crippen LogP contribution in [0.3, 0.4) is 0 Å². The number of aromatic nitrogens is 2. The van der Waals surface area contributed by atoms with E-state index in [0.717, 1.165) is 5.56 Å². The minimum Gasteiger partial charge on any atom is -0.488 e. The number of rotatable bonds is 2. The first-order valence-electron chi connectivity index (χ1n) is 7.28. The first-order chi connectivity index (χ1) is 11.6. The number of anilines is 2. The summed E-state index contributed by atoms with van der Waals surface area (Å²) in [6.45, 7) is 0.231. The molecule has 24 heavy (non-hydrogen) atoms. The number of benzene rings is 2. The molecular weight excluding hydrogens is 311 g/mol. The van der Waals surface area contributed by atoms with Gasteiger partial charge in [-0.05, 0) is 42.5 Å². The van der Waals surface area contributed by atoms with Gasteiger partial charge < -0.3 is 15.8 Å². The molecule has 7 heteroatoms. The third kappa shape index (κ3) is 2.36. The Balaban J connectivity index is 1.67. The Kier molecular flexibility index (Phi) is 3.19. The number of nitrogens with zero attached hydrogens (tertiary/aromatic N) is 1. The molecule has 1 aromatic heterocycles. The van der Waals surface area contributed by atoms with E-state index in [4.69, 9.17) is 10.5 Å². The number of fused-ring (bicyclic) bond motifs is 3. The number of carbonyl (C=O) groups excluding carboxylic acids is 1. The van der Waals surface area contributed by atoms with Gasteiger partial charge in [0.2, 0.25) is 0 Å². The van der Waals surface area contributed by atoms with Crippen molar-refractivity contribution in [2.75, 3.05) is 11.1 Å². The molecule has 1 aliphatic rings. The predicted octanol–water partition coefficient (Wildman–Crippen LogP) is 2.94. The Morgan fingerprint density at radius 3 is 2.83 bits per heavy atom. The van der Waals surface area contributed by atoms with E-state index in [-0.39, 0.29) is 18.1 Å². The van der Waals surface area contributed by atoms with Gasteiger partial charge in [0.25, 0.3) is 5.91 Å². The second kappa shape index (κ2) is 5.38. The summed E-state index contributed by atoms with van der Waals surface area (Å²) >= 11 is 0. The Bertz CT molecular complexity index is 934. The van der Waals surface area contributed by atoms with Crippen LogP contribution in [0.25, 0.3) is 11.3 Å². The summed E-state index contributed by atoms with van der Waals surface area (Å²) in [5, 5.41) is 9.68. The minimum atomic E-state index is -0.393. The zero-order valence-electron chi connectivity index (χ0n) is 12.5. The topological polar surface area (TPSA) is 93.0 Å². The summed E-state index contributed by atoms with van der Waals surface area (Å²) in [6, 6.07) is 10.8. The Hall–Kier alpha value is -3.35. The van der Waals surface area contributed by atoms with E-state index in [1.165, 1.54) is 24.3 Å². The molecular formula is C17H13FN4O2. The van der Waals surface area contributed by atoms with Crippen LogP contribution < -0.4 is 15.8 Å². The van der Waals surface area contributed by atoms with Crippen LogP contribution in [-0.2, 0) is 6.61 Å². The molecule has 1 aliphatic heterocycles. The van der Waals surface area contributed by atoms with Crippen LogP contribution >= 0.6 is 0 Å². The fraction of sp³-hybridized carbons (Fsp3) is 0.0588. The lowest BCUT2D eigenvalue weighted by molar-refractivity contribution is 0.101. The number of aromatic amines is 1.